The number of nitrogens with one attached hydrogen (secondary N) is 1. The number of rotatable bonds is 6. The van der Waals surface area contributed by atoms with Gasteiger partial charge in [-0.3, -0.25) is 0 Å². The smallest absolute Gasteiger partial charge is 0.247 e. The number of benzene rings is 1. The predicted octanol–water partition coefficient (Wildman–Crippen LogP) is 3.89. The van der Waals surface area contributed by atoms with Crippen molar-refractivity contribution in [2.75, 3.05) is 19.0 Å². The molecule has 3 heterocycles. The van der Waals surface area contributed by atoms with E-state index < -0.39 is 21.9 Å². The first-order chi connectivity index (χ1) is 14.5. The lowest BCUT2D eigenvalue weighted by Gasteiger charge is -2.25. The van der Waals surface area contributed by atoms with Gasteiger partial charge in [-0.05, 0) is 55.3 Å². The van der Waals surface area contributed by atoms with Crippen molar-refractivity contribution in [2.45, 2.75) is 23.8 Å². The average Bonchev–Trinajstić information content (AvgIpc) is 3.26. The summed E-state index contributed by atoms with van der Waals surface area (Å²) < 4.78 is 47.1. The molecule has 30 heavy (non-hydrogen) atoms. The Morgan fingerprint density at radius 3 is 2.73 bits per heavy atom. The van der Waals surface area contributed by atoms with Gasteiger partial charge in [0.15, 0.2) is 0 Å². The molecule has 1 aromatic carbocycles. The monoisotopic (exact) mass is 428 g/mol. The van der Waals surface area contributed by atoms with Crippen LogP contribution in [0.4, 0.5) is 16.0 Å². The summed E-state index contributed by atoms with van der Waals surface area (Å²) in [6, 6.07) is 13.9. The third-order valence-electron chi connectivity index (χ3n) is 4.95. The zero-order chi connectivity index (χ0) is 21.1. The van der Waals surface area contributed by atoms with E-state index in [0.717, 1.165) is 6.07 Å². The highest BCUT2D eigenvalue weighted by molar-refractivity contribution is 7.89. The van der Waals surface area contributed by atoms with E-state index >= 15 is 0 Å². The summed E-state index contributed by atoms with van der Waals surface area (Å²) in [4.78, 5) is 8.64. The minimum absolute atomic E-state index is 0.112. The molecule has 7 nitrogen and oxygen atoms in total. The first-order valence-electron chi connectivity index (χ1n) is 9.49. The van der Waals surface area contributed by atoms with E-state index in [2.05, 4.69) is 15.3 Å². The quantitative estimate of drug-likeness (QED) is 0.641. The van der Waals surface area contributed by atoms with Crippen LogP contribution < -0.4 is 10.1 Å². The van der Waals surface area contributed by atoms with Gasteiger partial charge in [0.2, 0.25) is 10.0 Å². The molecule has 1 fully saturated rings. The van der Waals surface area contributed by atoms with Crippen molar-refractivity contribution in [3.8, 4) is 5.75 Å². The van der Waals surface area contributed by atoms with Gasteiger partial charge in [0, 0.05) is 12.7 Å². The fraction of sp³-hybridized carbons (Fsp3) is 0.238. The molecule has 1 unspecified atom stereocenters. The third kappa shape index (κ3) is 3.99. The number of hydrogen-bond acceptors (Lipinski definition) is 6. The van der Waals surface area contributed by atoms with Gasteiger partial charge in [-0.1, -0.05) is 12.1 Å². The Bertz CT molecular complexity index is 1140. The fourth-order valence-corrected chi connectivity index (χ4v) is 5.41. The summed E-state index contributed by atoms with van der Waals surface area (Å²) >= 11 is 0. The van der Waals surface area contributed by atoms with Gasteiger partial charge in [0.25, 0.3) is 0 Å². The molecule has 1 aliphatic rings. The molecular formula is C21H21FN4O3S. The van der Waals surface area contributed by atoms with Gasteiger partial charge in [-0.25, -0.2) is 22.8 Å². The minimum Gasteiger partial charge on any atom is -0.495 e. The van der Waals surface area contributed by atoms with Crippen molar-refractivity contribution in [2.24, 2.45) is 0 Å². The standard InChI is InChI=1S/C21H21FN4O3S/c1-29-18-11-10-15(22)14-19(18)30(27,28)26-13-5-7-17(26)16-6-4-9-21(24-16)25-20-8-2-3-12-23-20/h2-4,6,8-12,14,17H,5,7,13H2,1H3,(H,23,24,25). The minimum atomic E-state index is -3.98. The van der Waals surface area contributed by atoms with Gasteiger partial charge in [-0.2, -0.15) is 4.31 Å². The van der Waals surface area contributed by atoms with Crippen molar-refractivity contribution in [1.82, 2.24) is 14.3 Å². The average molecular weight is 428 g/mol. The number of aromatic nitrogens is 2. The Morgan fingerprint density at radius 2 is 1.97 bits per heavy atom. The van der Waals surface area contributed by atoms with E-state index in [1.54, 1.807) is 18.3 Å². The second-order valence-corrected chi connectivity index (χ2v) is 8.72. The van der Waals surface area contributed by atoms with Crippen LogP contribution in [0.15, 0.2) is 65.7 Å². The molecule has 3 aromatic rings. The predicted molar refractivity (Wildman–Crippen MR) is 111 cm³/mol. The molecule has 0 spiro atoms. The summed E-state index contributed by atoms with van der Waals surface area (Å²) in [5.41, 5.74) is 0.618. The molecule has 0 aliphatic carbocycles. The number of nitrogens with zero attached hydrogens (tertiary/aromatic N) is 3. The third-order valence-corrected chi connectivity index (χ3v) is 6.88. The van der Waals surface area contributed by atoms with Crippen LogP contribution in [-0.4, -0.2) is 36.3 Å². The molecule has 1 N–H and O–H groups in total. The Morgan fingerprint density at radius 1 is 1.13 bits per heavy atom. The van der Waals surface area contributed by atoms with Gasteiger partial charge < -0.3 is 10.1 Å². The summed E-state index contributed by atoms with van der Waals surface area (Å²) in [7, 11) is -2.61. The van der Waals surface area contributed by atoms with Crippen LogP contribution in [0.3, 0.4) is 0 Å². The molecule has 1 saturated heterocycles. The maximum atomic E-state index is 13.8. The molecule has 0 amide bonds. The van der Waals surface area contributed by atoms with Crippen LogP contribution in [0.1, 0.15) is 24.6 Å². The maximum Gasteiger partial charge on any atom is 0.247 e. The molecule has 1 aliphatic heterocycles. The van der Waals surface area contributed by atoms with Crippen molar-refractivity contribution in [1.29, 1.82) is 0 Å². The molecule has 0 radical (unpaired) electrons. The van der Waals surface area contributed by atoms with E-state index in [1.165, 1.54) is 23.5 Å². The van der Waals surface area contributed by atoms with Gasteiger partial charge in [0.05, 0.1) is 18.8 Å². The highest BCUT2D eigenvalue weighted by Crippen LogP contribution is 2.38. The van der Waals surface area contributed by atoms with Crippen molar-refractivity contribution >= 4 is 21.7 Å². The molecular weight excluding hydrogens is 407 g/mol. The van der Waals surface area contributed by atoms with E-state index in [4.69, 9.17) is 4.74 Å². The fourth-order valence-electron chi connectivity index (χ4n) is 3.58. The summed E-state index contributed by atoms with van der Waals surface area (Å²) in [5.74, 6) is 0.687. The largest absolute Gasteiger partial charge is 0.495 e. The Kier molecular flexibility index (Phi) is 5.65. The lowest BCUT2D eigenvalue weighted by molar-refractivity contribution is 0.376. The number of hydrogen-bond donors (Lipinski definition) is 1. The van der Waals surface area contributed by atoms with E-state index in [-0.39, 0.29) is 10.6 Å². The highest BCUT2D eigenvalue weighted by atomic mass is 32.2. The molecule has 4 rings (SSSR count). The first kappa shape index (κ1) is 20.2. The zero-order valence-electron chi connectivity index (χ0n) is 16.3. The Hall–Kier alpha value is -3.04. The Balaban J connectivity index is 1.66. The lowest BCUT2D eigenvalue weighted by Crippen LogP contribution is -2.31. The van der Waals surface area contributed by atoms with Crippen molar-refractivity contribution in [3.05, 3.63) is 72.3 Å². The van der Waals surface area contributed by atoms with Crippen LogP contribution in [0.5, 0.6) is 5.75 Å². The summed E-state index contributed by atoms with van der Waals surface area (Å²) in [5, 5.41) is 3.12. The van der Waals surface area contributed by atoms with Crippen LogP contribution in [0.25, 0.3) is 0 Å². The normalized spacial score (nSPS) is 17.1. The number of anilines is 2. The molecule has 1 atom stereocenters. The van der Waals surface area contributed by atoms with E-state index in [0.29, 0.717) is 36.7 Å². The van der Waals surface area contributed by atoms with Crippen LogP contribution in [-0.2, 0) is 10.0 Å². The Labute approximate surface area is 174 Å². The van der Waals surface area contributed by atoms with Crippen molar-refractivity contribution in [3.63, 3.8) is 0 Å². The number of pyridine rings is 2. The second kappa shape index (κ2) is 8.37. The second-order valence-electron chi connectivity index (χ2n) is 6.86. The molecule has 9 heteroatoms. The van der Waals surface area contributed by atoms with Crippen LogP contribution in [0, 0.1) is 5.82 Å². The lowest BCUT2D eigenvalue weighted by atomic mass is 10.1. The van der Waals surface area contributed by atoms with Gasteiger partial charge >= 0.3 is 0 Å². The van der Waals surface area contributed by atoms with Gasteiger partial charge in [0.1, 0.15) is 28.1 Å². The topological polar surface area (TPSA) is 84.4 Å². The summed E-state index contributed by atoms with van der Waals surface area (Å²) in [6.07, 6.45) is 2.97. The van der Waals surface area contributed by atoms with Crippen LogP contribution in [0.2, 0.25) is 0 Å². The van der Waals surface area contributed by atoms with Crippen molar-refractivity contribution < 1.29 is 17.5 Å². The van der Waals surface area contributed by atoms with E-state index in [9.17, 15) is 12.8 Å². The molecule has 0 bridgehead atoms. The summed E-state index contributed by atoms with van der Waals surface area (Å²) in [6.45, 7) is 0.326. The molecule has 2 aromatic heterocycles. The SMILES string of the molecule is COc1ccc(F)cc1S(=O)(=O)N1CCCC1c1cccc(Nc2ccccn2)n1. The zero-order valence-corrected chi connectivity index (χ0v) is 17.1. The number of ether oxygens (including phenoxy) is 1. The molecule has 0 saturated carbocycles. The number of sulfonamides is 1. The maximum absolute atomic E-state index is 13.8. The van der Waals surface area contributed by atoms with E-state index in [1.807, 2.05) is 24.3 Å². The van der Waals surface area contributed by atoms with Gasteiger partial charge in [-0.15, -0.1) is 0 Å². The number of halogens is 1. The first-order valence-corrected chi connectivity index (χ1v) is 10.9. The molecule has 156 valence electrons. The number of methoxy groups -OCH3 is 1. The highest BCUT2D eigenvalue weighted by Gasteiger charge is 2.38. The van der Waals surface area contributed by atoms with Crippen LogP contribution >= 0.6 is 0 Å².